The van der Waals surface area contributed by atoms with Crippen LogP contribution in [0.4, 0.5) is 0 Å². The molecule has 22 heavy (non-hydrogen) atoms. The predicted octanol–water partition coefficient (Wildman–Crippen LogP) is 0.429. The Hall–Kier alpha value is -1.23. The summed E-state index contributed by atoms with van der Waals surface area (Å²) in [5, 5.41) is 0. The van der Waals surface area contributed by atoms with Crippen LogP contribution < -0.4 is 16.0 Å². The fourth-order valence-corrected chi connectivity index (χ4v) is 4.50. The number of nitrogens with zero attached hydrogens (tertiary/aromatic N) is 2. The number of hydrogen-bond acceptors (Lipinski definition) is 5. The third-order valence-corrected chi connectivity index (χ3v) is 6.12. The SMILES string of the molecule is Cn1cc(S(=O)(=O)NCCc2ccc(Br)s2)c(=O)n(C)c1=O. The van der Waals surface area contributed by atoms with Crippen LogP contribution in [-0.4, -0.2) is 24.1 Å². The molecule has 0 aliphatic heterocycles. The zero-order valence-corrected chi connectivity index (χ0v) is 15.1. The zero-order valence-electron chi connectivity index (χ0n) is 11.9. The second-order valence-electron chi connectivity index (χ2n) is 4.60. The van der Waals surface area contributed by atoms with Gasteiger partial charge >= 0.3 is 5.69 Å². The average molecular weight is 408 g/mol. The zero-order chi connectivity index (χ0) is 16.5. The van der Waals surface area contributed by atoms with E-state index < -0.39 is 26.2 Å². The van der Waals surface area contributed by atoms with E-state index in [0.29, 0.717) is 6.42 Å². The van der Waals surface area contributed by atoms with Crippen molar-refractivity contribution in [3.05, 3.63) is 47.8 Å². The first kappa shape index (κ1) is 17.1. The van der Waals surface area contributed by atoms with E-state index in [1.165, 1.54) is 25.4 Å². The van der Waals surface area contributed by atoms with Gasteiger partial charge in [0.25, 0.3) is 5.56 Å². The molecule has 10 heteroatoms. The molecule has 0 bridgehead atoms. The third kappa shape index (κ3) is 3.57. The highest BCUT2D eigenvalue weighted by Crippen LogP contribution is 2.22. The van der Waals surface area contributed by atoms with E-state index in [4.69, 9.17) is 0 Å². The van der Waals surface area contributed by atoms with Crippen LogP contribution in [-0.2, 0) is 30.5 Å². The Morgan fingerprint density at radius 3 is 2.55 bits per heavy atom. The Kier molecular flexibility index (Phi) is 5.05. The summed E-state index contributed by atoms with van der Waals surface area (Å²) in [6, 6.07) is 3.78. The van der Waals surface area contributed by atoms with Crippen LogP contribution in [0.15, 0.2) is 36.6 Å². The number of sulfonamides is 1. The molecule has 2 aromatic rings. The van der Waals surface area contributed by atoms with Crippen molar-refractivity contribution in [2.24, 2.45) is 14.1 Å². The maximum absolute atomic E-state index is 12.2. The molecule has 0 amide bonds. The first-order chi connectivity index (χ1) is 10.2. The maximum Gasteiger partial charge on any atom is 0.330 e. The Balaban J connectivity index is 2.21. The molecule has 0 radical (unpaired) electrons. The van der Waals surface area contributed by atoms with Crippen LogP contribution in [0, 0.1) is 0 Å². The third-order valence-electron chi connectivity index (χ3n) is 3.00. The lowest BCUT2D eigenvalue weighted by molar-refractivity contribution is 0.571. The fraction of sp³-hybridized carbons (Fsp3) is 0.333. The van der Waals surface area contributed by atoms with Crippen molar-refractivity contribution in [2.45, 2.75) is 11.3 Å². The second-order valence-corrected chi connectivity index (χ2v) is 8.89. The smallest absolute Gasteiger partial charge is 0.302 e. The number of nitrogens with one attached hydrogen (secondary N) is 1. The molecule has 120 valence electrons. The summed E-state index contributed by atoms with van der Waals surface area (Å²) < 4.78 is 29.6. The molecule has 0 spiro atoms. The molecule has 2 heterocycles. The van der Waals surface area contributed by atoms with E-state index in [2.05, 4.69) is 20.7 Å². The summed E-state index contributed by atoms with van der Waals surface area (Å²) in [5.41, 5.74) is -1.41. The summed E-state index contributed by atoms with van der Waals surface area (Å²) >= 11 is 4.85. The first-order valence-corrected chi connectivity index (χ1v) is 9.32. The van der Waals surface area contributed by atoms with Gasteiger partial charge in [0.15, 0.2) is 4.90 Å². The minimum atomic E-state index is -3.97. The van der Waals surface area contributed by atoms with Gasteiger partial charge in [-0.05, 0) is 34.5 Å². The van der Waals surface area contributed by atoms with Crippen molar-refractivity contribution in [1.29, 1.82) is 0 Å². The predicted molar refractivity (Wildman–Crippen MR) is 87.8 cm³/mol. The molecule has 0 saturated heterocycles. The van der Waals surface area contributed by atoms with Crippen LogP contribution in [0.2, 0.25) is 0 Å². The Labute approximate surface area is 139 Å². The van der Waals surface area contributed by atoms with Gasteiger partial charge in [0.05, 0.1) is 3.79 Å². The van der Waals surface area contributed by atoms with Gasteiger partial charge in [-0.15, -0.1) is 11.3 Å². The minimum Gasteiger partial charge on any atom is -0.302 e. The van der Waals surface area contributed by atoms with E-state index in [1.807, 2.05) is 12.1 Å². The molecule has 0 atom stereocenters. The number of thiophene rings is 1. The number of aryl methyl sites for hydroxylation is 1. The van der Waals surface area contributed by atoms with E-state index in [0.717, 1.165) is 24.0 Å². The summed E-state index contributed by atoms with van der Waals surface area (Å²) in [4.78, 5) is 24.1. The highest BCUT2D eigenvalue weighted by molar-refractivity contribution is 9.11. The van der Waals surface area contributed by atoms with Crippen molar-refractivity contribution < 1.29 is 8.42 Å². The highest BCUT2D eigenvalue weighted by Gasteiger charge is 2.20. The quantitative estimate of drug-likeness (QED) is 0.777. The summed E-state index contributed by atoms with van der Waals surface area (Å²) in [6.45, 7) is 0.168. The van der Waals surface area contributed by atoms with Gasteiger partial charge in [-0.1, -0.05) is 0 Å². The molecule has 7 nitrogen and oxygen atoms in total. The van der Waals surface area contributed by atoms with E-state index in [9.17, 15) is 18.0 Å². The molecule has 0 aromatic carbocycles. The minimum absolute atomic E-state index is 0.168. The van der Waals surface area contributed by atoms with Crippen LogP contribution in [0.3, 0.4) is 0 Å². The lowest BCUT2D eigenvalue weighted by Crippen LogP contribution is -2.41. The van der Waals surface area contributed by atoms with Crippen LogP contribution in [0.5, 0.6) is 0 Å². The van der Waals surface area contributed by atoms with Gasteiger partial charge in [0.1, 0.15) is 0 Å². The Morgan fingerprint density at radius 2 is 1.95 bits per heavy atom. The molecular weight excluding hydrogens is 394 g/mol. The monoisotopic (exact) mass is 407 g/mol. The van der Waals surface area contributed by atoms with E-state index in [1.54, 1.807) is 0 Å². The first-order valence-electron chi connectivity index (χ1n) is 6.23. The largest absolute Gasteiger partial charge is 0.330 e. The maximum atomic E-state index is 12.2. The standard InChI is InChI=1S/C12H14BrN3O4S2/c1-15-7-9(11(17)16(2)12(15)18)22(19,20)14-6-5-8-3-4-10(13)21-8/h3-4,7,14H,5-6H2,1-2H3. The molecule has 0 fully saturated rings. The van der Waals surface area contributed by atoms with E-state index >= 15 is 0 Å². The lowest BCUT2D eigenvalue weighted by atomic mass is 10.3. The lowest BCUT2D eigenvalue weighted by Gasteiger charge is -2.08. The number of hydrogen-bond donors (Lipinski definition) is 1. The molecule has 0 saturated carbocycles. The van der Waals surface area contributed by atoms with Crippen molar-refractivity contribution in [3.63, 3.8) is 0 Å². The Bertz CT molecular complexity index is 911. The van der Waals surface area contributed by atoms with Crippen LogP contribution in [0.1, 0.15) is 4.88 Å². The summed E-state index contributed by atoms with van der Waals surface area (Å²) in [6.07, 6.45) is 1.55. The van der Waals surface area contributed by atoms with Crippen molar-refractivity contribution in [3.8, 4) is 0 Å². The number of rotatable bonds is 5. The Morgan fingerprint density at radius 1 is 1.27 bits per heavy atom. The van der Waals surface area contributed by atoms with Gasteiger partial charge < -0.3 is 4.57 Å². The average Bonchev–Trinajstić information content (AvgIpc) is 2.85. The topological polar surface area (TPSA) is 90.2 Å². The molecular formula is C12H14BrN3O4S2. The second kappa shape index (κ2) is 6.49. The van der Waals surface area contributed by atoms with Gasteiger partial charge in [-0.25, -0.2) is 17.9 Å². The molecule has 2 rings (SSSR count). The number of halogens is 1. The van der Waals surface area contributed by atoms with Gasteiger partial charge in [-0.2, -0.15) is 0 Å². The fourth-order valence-electron chi connectivity index (χ4n) is 1.83. The molecule has 0 aliphatic carbocycles. The van der Waals surface area contributed by atoms with Crippen molar-refractivity contribution in [1.82, 2.24) is 13.9 Å². The molecule has 1 N–H and O–H groups in total. The van der Waals surface area contributed by atoms with Gasteiger partial charge in [-0.3, -0.25) is 9.36 Å². The van der Waals surface area contributed by atoms with Crippen molar-refractivity contribution in [2.75, 3.05) is 6.54 Å². The van der Waals surface area contributed by atoms with E-state index in [-0.39, 0.29) is 6.54 Å². The van der Waals surface area contributed by atoms with Crippen LogP contribution in [0.25, 0.3) is 0 Å². The number of aromatic nitrogens is 2. The summed E-state index contributed by atoms with van der Waals surface area (Å²) in [5.74, 6) is 0. The van der Waals surface area contributed by atoms with Gasteiger partial charge in [0, 0.05) is 31.7 Å². The summed E-state index contributed by atoms with van der Waals surface area (Å²) in [7, 11) is -1.33. The van der Waals surface area contributed by atoms with Gasteiger partial charge in [0.2, 0.25) is 10.0 Å². The normalized spacial score (nSPS) is 11.8. The molecule has 2 aromatic heterocycles. The van der Waals surface area contributed by atoms with Crippen molar-refractivity contribution >= 4 is 37.3 Å². The highest BCUT2D eigenvalue weighted by atomic mass is 79.9. The molecule has 0 unspecified atom stereocenters. The van der Waals surface area contributed by atoms with Crippen LogP contribution >= 0.6 is 27.3 Å². The molecule has 0 aliphatic rings.